The fourth-order valence-electron chi connectivity index (χ4n) is 1.89. The van der Waals surface area contributed by atoms with E-state index in [9.17, 15) is 14.4 Å². The molecule has 0 aromatic carbocycles. The largest absolute Gasteiger partial charge is 0.386 e. The van der Waals surface area contributed by atoms with Crippen molar-refractivity contribution < 1.29 is 35.4 Å². The molecule has 0 bridgehead atoms. The fourth-order valence-corrected chi connectivity index (χ4v) is 1.89. The van der Waals surface area contributed by atoms with Crippen molar-refractivity contribution in [3.8, 4) is 0 Å². The van der Waals surface area contributed by atoms with Crippen molar-refractivity contribution in [3.05, 3.63) is 19.3 Å². The first-order valence-corrected chi connectivity index (χ1v) is 7.60. The number of carbonyl (C=O) groups is 3. The molecule has 0 spiro atoms. The van der Waals surface area contributed by atoms with Crippen molar-refractivity contribution >= 4 is 17.7 Å². The van der Waals surface area contributed by atoms with Gasteiger partial charge in [-0.3, -0.25) is 14.4 Å². The van der Waals surface area contributed by atoms with E-state index >= 15 is 0 Å². The van der Waals surface area contributed by atoms with E-state index in [2.05, 4.69) is 16.0 Å². The monoisotopic (exact) mass is 494 g/mol. The SMILES string of the molecule is CC(=O)NC[CH-]CC(C[CH-]CNC(C)=O)C[CH-]CNC(C)=O.[W]. The molecule has 0 rings (SSSR count). The van der Waals surface area contributed by atoms with Crippen LogP contribution in [0.1, 0.15) is 40.0 Å². The van der Waals surface area contributed by atoms with Gasteiger partial charge in [0.25, 0.3) is 0 Å². The minimum Gasteiger partial charge on any atom is -0.386 e. The molecule has 7 heteroatoms. The maximum Gasteiger partial charge on any atom is 0.214 e. The van der Waals surface area contributed by atoms with E-state index in [1.807, 2.05) is 19.3 Å². The average molecular weight is 494 g/mol. The third kappa shape index (κ3) is 19.1. The van der Waals surface area contributed by atoms with E-state index in [0.29, 0.717) is 25.6 Å². The summed E-state index contributed by atoms with van der Waals surface area (Å²) in [5.41, 5.74) is 0. The summed E-state index contributed by atoms with van der Waals surface area (Å²) in [5.74, 6) is 0.281. The van der Waals surface area contributed by atoms with Gasteiger partial charge in [0.1, 0.15) is 0 Å². The molecular weight excluding hydrogens is 466 g/mol. The van der Waals surface area contributed by atoms with Gasteiger partial charge in [0, 0.05) is 41.8 Å². The van der Waals surface area contributed by atoms with Crippen molar-refractivity contribution in [2.45, 2.75) is 40.0 Å². The average Bonchev–Trinajstić information content (AvgIpc) is 2.42. The summed E-state index contributed by atoms with van der Waals surface area (Å²) in [6.07, 6.45) is 8.74. The van der Waals surface area contributed by atoms with Gasteiger partial charge in [-0.15, -0.1) is 25.6 Å². The smallest absolute Gasteiger partial charge is 0.214 e. The summed E-state index contributed by atoms with van der Waals surface area (Å²) in [6, 6.07) is 0. The topological polar surface area (TPSA) is 87.3 Å². The van der Waals surface area contributed by atoms with Crippen molar-refractivity contribution in [3.63, 3.8) is 0 Å². The molecule has 0 atom stereocenters. The summed E-state index contributed by atoms with van der Waals surface area (Å²) in [5, 5.41) is 8.21. The first kappa shape index (κ1) is 24.4. The van der Waals surface area contributed by atoms with Gasteiger partial charge >= 0.3 is 0 Å². The molecule has 23 heavy (non-hydrogen) atoms. The Morgan fingerprint density at radius 1 is 0.696 bits per heavy atom. The van der Waals surface area contributed by atoms with Gasteiger partial charge in [0.2, 0.25) is 17.7 Å². The normalized spacial score (nSPS) is 9.91. The molecule has 0 unspecified atom stereocenters. The van der Waals surface area contributed by atoms with Crippen molar-refractivity contribution in [2.75, 3.05) is 19.6 Å². The minimum atomic E-state index is -0.0396. The van der Waals surface area contributed by atoms with Gasteiger partial charge < -0.3 is 35.2 Å². The number of nitrogens with one attached hydrogen (secondary N) is 3. The van der Waals surface area contributed by atoms with Gasteiger partial charge in [0.05, 0.1) is 0 Å². The molecule has 0 heterocycles. The summed E-state index contributed by atoms with van der Waals surface area (Å²) in [4.78, 5) is 32.4. The predicted octanol–water partition coefficient (Wildman–Crippen LogP) is 0.792. The third-order valence-corrected chi connectivity index (χ3v) is 2.99. The van der Waals surface area contributed by atoms with Crippen LogP contribution in [-0.4, -0.2) is 37.4 Å². The molecular formula is C16H28N3O3W-3. The Hall–Kier alpha value is -0.902. The molecule has 0 aromatic heterocycles. The third-order valence-electron chi connectivity index (χ3n) is 2.99. The van der Waals surface area contributed by atoms with Crippen molar-refractivity contribution in [1.82, 2.24) is 16.0 Å². The Kier molecular flexibility index (Phi) is 16.9. The van der Waals surface area contributed by atoms with Crippen LogP contribution in [0.4, 0.5) is 0 Å². The van der Waals surface area contributed by atoms with Gasteiger partial charge in [0.15, 0.2) is 0 Å². The quantitative estimate of drug-likeness (QED) is 0.277. The second-order valence-electron chi connectivity index (χ2n) is 5.25. The van der Waals surface area contributed by atoms with E-state index < -0.39 is 0 Å². The summed E-state index contributed by atoms with van der Waals surface area (Å²) in [6.45, 7) is 6.16. The maximum atomic E-state index is 10.8. The Morgan fingerprint density at radius 3 is 1.17 bits per heavy atom. The van der Waals surface area contributed by atoms with Crippen LogP contribution < -0.4 is 16.0 Å². The first-order valence-electron chi connectivity index (χ1n) is 7.60. The van der Waals surface area contributed by atoms with Gasteiger partial charge in [-0.05, 0) is 0 Å². The standard InChI is InChI=1S/C16H28N3O3.W/c1-13(20)17-10-4-7-16(8-5-11-18-14(2)21)9-6-12-19-15(3)22;/h4-6,16H,7-12H2,1-3H3,(H,17,20)(H,18,21)(H,19,22);/q-3;. The molecule has 0 saturated heterocycles. The van der Waals surface area contributed by atoms with Gasteiger partial charge in [-0.2, -0.15) is 19.3 Å². The van der Waals surface area contributed by atoms with Crippen LogP contribution in [0.15, 0.2) is 0 Å². The molecule has 134 valence electrons. The van der Waals surface area contributed by atoms with Crippen LogP contribution in [0.5, 0.6) is 0 Å². The first-order chi connectivity index (χ1) is 10.4. The van der Waals surface area contributed by atoms with Gasteiger partial charge in [-0.1, -0.05) is 0 Å². The van der Waals surface area contributed by atoms with E-state index in [4.69, 9.17) is 0 Å². The molecule has 0 radical (unpaired) electrons. The van der Waals surface area contributed by atoms with Crippen LogP contribution >= 0.6 is 0 Å². The number of carbonyl (C=O) groups excluding carboxylic acids is 3. The molecule has 3 amide bonds. The van der Waals surface area contributed by atoms with Crippen molar-refractivity contribution in [1.29, 1.82) is 0 Å². The van der Waals surface area contributed by atoms with Crippen LogP contribution in [-0.2, 0) is 35.4 Å². The molecule has 3 N–H and O–H groups in total. The predicted molar refractivity (Wildman–Crippen MR) is 86.3 cm³/mol. The molecule has 0 aromatic rings. The molecule has 0 aliphatic heterocycles. The summed E-state index contributed by atoms with van der Waals surface area (Å²) in [7, 11) is 0. The number of amides is 3. The summed E-state index contributed by atoms with van der Waals surface area (Å²) < 4.78 is 0. The zero-order chi connectivity index (χ0) is 16.8. The summed E-state index contributed by atoms with van der Waals surface area (Å²) >= 11 is 0. The van der Waals surface area contributed by atoms with E-state index in [1.54, 1.807) is 0 Å². The Labute approximate surface area is 154 Å². The van der Waals surface area contributed by atoms with Crippen LogP contribution in [0, 0.1) is 25.2 Å². The van der Waals surface area contributed by atoms with E-state index in [-0.39, 0.29) is 38.8 Å². The number of rotatable bonds is 12. The number of hydrogen-bond donors (Lipinski definition) is 3. The van der Waals surface area contributed by atoms with E-state index in [0.717, 1.165) is 19.3 Å². The van der Waals surface area contributed by atoms with Gasteiger partial charge in [-0.25, -0.2) is 0 Å². The van der Waals surface area contributed by atoms with E-state index in [1.165, 1.54) is 20.8 Å². The minimum absolute atomic E-state index is 0. The molecule has 0 aliphatic rings. The molecule has 6 nitrogen and oxygen atoms in total. The molecule has 0 aliphatic carbocycles. The van der Waals surface area contributed by atoms with Crippen molar-refractivity contribution in [2.24, 2.45) is 5.92 Å². The zero-order valence-electron chi connectivity index (χ0n) is 14.2. The maximum absolute atomic E-state index is 10.8. The second-order valence-corrected chi connectivity index (χ2v) is 5.25. The Balaban J connectivity index is 0. The van der Waals surface area contributed by atoms with Crippen LogP contribution in [0.3, 0.4) is 0 Å². The molecule has 0 fully saturated rings. The Bertz CT molecular complexity index is 299. The zero-order valence-corrected chi connectivity index (χ0v) is 17.1. The van der Waals surface area contributed by atoms with Crippen LogP contribution in [0.25, 0.3) is 0 Å². The second kappa shape index (κ2) is 16.0. The van der Waals surface area contributed by atoms with Crippen LogP contribution in [0.2, 0.25) is 0 Å². The molecule has 0 saturated carbocycles. The number of hydrogen-bond acceptors (Lipinski definition) is 3. The Morgan fingerprint density at radius 2 is 0.957 bits per heavy atom. The fraction of sp³-hybridized carbons (Fsp3) is 0.625.